The minimum absolute atomic E-state index is 0.217. The number of nitrogen functional groups attached to an aromatic ring is 1. The molecule has 1 saturated heterocycles. The Morgan fingerprint density at radius 2 is 1.94 bits per heavy atom. The maximum absolute atomic E-state index is 13.8. The zero-order chi connectivity index (χ0) is 12.7. The Bertz CT molecular complexity index is 464. The highest BCUT2D eigenvalue weighted by atomic mass is 19.1. The molecule has 2 aliphatic rings. The van der Waals surface area contributed by atoms with Crippen molar-refractivity contribution in [3.8, 4) is 0 Å². The molecule has 0 aromatic carbocycles. The van der Waals surface area contributed by atoms with E-state index in [2.05, 4.69) is 4.98 Å². The molecule has 18 heavy (non-hydrogen) atoms. The van der Waals surface area contributed by atoms with Crippen molar-refractivity contribution < 1.29 is 8.78 Å². The molecule has 2 fully saturated rings. The van der Waals surface area contributed by atoms with Gasteiger partial charge in [-0.1, -0.05) is 12.8 Å². The molecule has 0 bridgehead atoms. The molecule has 1 aliphatic carbocycles. The van der Waals surface area contributed by atoms with Gasteiger partial charge in [0.25, 0.3) is 0 Å². The van der Waals surface area contributed by atoms with Gasteiger partial charge in [0.1, 0.15) is 0 Å². The van der Waals surface area contributed by atoms with Gasteiger partial charge in [0.15, 0.2) is 23.3 Å². The van der Waals surface area contributed by atoms with Gasteiger partial charge in [0.2, 0.25) is 0 Å². The Morgan fingerprint density at radius 3 is 2.78 bits per heavy atom. The number of anilines is 2. The first-order valence-corrected chi connectivity index (χ1v) is 6.55. The van der Waals surface area contributed by atoms with Gasteiger partial charge >= 0.3 is 0 Å². The summed E-state index contributed by atoms with van der Waals surface area (Å²) in [4.78, 5) is 5.88. The number of hydrogen-bond donors (Lipinski definition) is 1. The molecule has 2 unspecified atom stereocenters. The fraction of sp³-hybridized carbons (Fsp3) is 0.615. The van der Waals surface area contributed by atoms with Crippen LogP contribution in [-0.2, 0) is 0 Å². The topological polar surface area (TPSA) is 42.1 Å². The summed E-state index contributed by atoms with van der Waals surface area (Å²) in [7, 11) is 0. The van der Waals surface area contributed by atoms with E-state index in [0.29, 0.717) is 12.0 Å². The smallest absolute Gasteiger partial charge is 0.168 e. The van der Waals surface area contributed by atoms with Gasteiger partial charge in [-0.3, -0.25) is 0 Å². The number of pyridine rings is 1. The fourth-order valence-corrected chi connectivity index (χ4v) is 3.34. The normalized spacial score (nSPS) is 27.3. The SMILES string of the molecule is Nc1nc(N2CCC3CCCCC32)c(F)cc1F. The second-order valence-electron chi connectivity index (χ2n) is 5.25. The van der Waals surface area contributed by atoms with Crippen molar-refractivity contribution in [2.75, 3.05) is 17.2 Å². The van der Waals surface area contributed by atoms with E-state index in [0.717, 1.165) is 25.5 Å². The summed E-state index contributed by atoms with van der Waals surface area (Å²) < 4.78 is 27.0. The molecule has 5 heteroatoms. The molecule has 2 heterocycles. The summed E-state index contributed by atoms with van der Waals surface area (Å²) in [5.74, 6) is -0.747. The zero-order valence-corrected chi connectivity index (χ0v) is 10.2. The molecule has 1 aromatic heterocycles. The highest BCUT2D eigenvalue weighted by molar-refractivity contribution is 5.49. The highest BCUT2D eigenvalue weighted by Gasteiger charge is 2.37. The van der Waals surface area contributed by atoms with Crippen LogP contribution < -0.4 is 10.6 Å². The summed E-state index contributed by atoms with van der Waals surface area (Å²) in [6.07, 6.45) is 5.79. The van der Waals surface area contributed by atoms with E-state index in [-0.39, 0.29) is 11.6 Å². The van der Waals surface area contributed by atoms with Crippen LogP contribution in [0.2, 0.25) is 0 Å². The second kappa shape index (κ2) is 4.37. The number of nitrogens with zero attached hydrogens (tertiary/aromatic N) is 2. The Hall–Kier alpha value is -1.39. The third kappa shape index (κ3) is 1.82. The number of fused-ring (bicyclic) bond motifs is 1. The third-order valence-electron chi connectivity index (χ3n) is 4.22. The maximum Gasteiger partial charge on any atom is 0.168 e. The average Bonchev–Trinajstić information content (AvgIpc) is 2.78. The van der Waals surface area contributed by atoms with E-state index in [4.69, 9.17) is 5.73 Å². The lowest BCUT2D eigenvalue weighted by Gasteiger charge is -2.32. The quantitative estimate of drug-likeness (QED) is 0.836. The number of nitrogens with two attached hydrogens (primary N) is 1. The van der Waals surface area contributed by atoms with E-state index < -0.39 is 11.6 Å². The lowest BCUT2D eigenvalue weighted by molar-refractivity contribution is 0.340. The van der Waals surface area contributed by atoms with Crippen molar-refractivity contribution in [3.05, 3.63) is 17.7 Å². The van der Waals surface area contributed by atoms with Crippen LogP contribution in [0, 0.1) is 17.6 Å². The Morgan fingerprint density at radius 1 is 1.17 bits per heavy atom. The molecule has 3 rings (SSSR count). The maximum atomic E-state index is 13.8. The Labute approximate surface area is 105 Å². The molecule has 1 saturated carbocycles. The van der Waals surface area contributed by atoms with Crippen LogP contribution >= 0.6 is 0 Å². The third-order valence-corrected chi connectivity index (χ3v) is 4.22. The fourth-order valence-electron chi connectivity index (χ4n) is 3.34. The zero-order valence-electron chi connectivity index (χ0n) is 10.2. The summed E-state index contributed by atoms with van der Waals surface area (Å²) in [5.41, 5.74) is 5.45. The molecule has 98 valence electrons. The van der Waals surface area contributed by atoms with E-state index in [1.807, 2.05) is 4.90 Å². The van der Waals surface area contributed by atoms with Crippen LogP contribution in [0.1, 0.15) is 32.1 Å². The van der Waals surface area contributed by atoms with E-state index >= 15 is 0 Å². The molecule has 1 aromatic rings. The number of rotatable bonds is 1. The van der Waals surface area contributed by atoms with Crippen molar-refractivity contribution in [3.63, 3.8) is 0 Å². The summed E-state index contributed by atoms with van der Waals surface area (Å²) in [5, 5.41) is 0. The predicted octanol–water partition coefficient (Wildman–Crippen LogP) is 2.71. The van der Waals surface area contributed by atoms with Crippen molar-refractivity contribution in [2.24, 2.45) is 5.92 Å². The lowest BCUT2D eigenvalue weighted by atomic mass is 9.85. The number of halogens is 2. The van der Waals surface area contributed by atoms with Crippen LogP contribution in [0.3, 0.4) is 0 Å². The lowest BCUT2D eigenvalue weighted by Crippen LogP contribution is -2.36. The Kier molecular flexibility index (Phi) is 2.84. The first kappa shape index (κ1) is 11.7. The minimum atomic E-state index is -0.782. The molecule has 0 radical (unpaired) electrons. The first-order valence-electron chi connectivity index (χ1n) is 6.55. The molecule has 0 spiro atoms. The molecule has 2 atom stereocenters. The van der Waals surface area contributed by atoms with Gasteiger partial charge in [-0.05, 0) is 25.2 Å². The molecule has 1 aliphatic heterocycles. The van der Waals surface area contributed by atoms with E-state index in [1.165, 1.54) is 19.3 Å². The van der Waals surface area contributed by atoms with Crippen LogP contribution in [0.5, 0.6) is 0 Å². The van der Waals surface area contributed by atoms with E-state index in [9.17, 15) is 8.78 Å². The minimum Gasteiger partial charge on any atom is -0.381 e. The van der Waals surface area contributed by atoms with Crippen LogP contribution in [0.15, 0.2) is 6.07 Å². The van der Waals surface area contributed by atoms with Crippen molar-refractivity contribution in [1.82, 2.24) is 4.98 Å². The standard InChI is InChI=1S/C13H17F2N3/c14-9-7-10(15)13(17-12(9)16)18-6-5-8-3-1-2-4-11(8)18/h7-8,11H,1-6H2,(H2,16,17). The molecule has 3 nitrogen and oxygen atoms in total. The largest absolute Gasteiger partial charge is 0.381 e. The van der Waals surface area contributed by atoms with Crippen molar-refractivity contribution in [2.45, 2.75) is 38.1 Å². The molecule has 0 amide bonds. The number of hydrogen-bond acceptors (Lipinski definition) is 3. The summed E-state index contributed by atoms with van der Waals surface area (Å²) in [6.45, 7) is 0.796. The Balaban J connectivity index is 1.93. The molecular weight excluding hydrogens is 236 g/mol. The van der Waals surface area contributed by atoms with Crippen LogP contribution in [-0.4, -0.2) is 17.6 Å². The monoisotopic (exact) mass is 253 g/mol. The van der Waals surface area contributed by atoms with Crippen LogP contribution in [0.25, 0.3) is 0 Å². The number of aromatic nitrogens is 1. The highest BCUT2D eigenvalue weighted by Crippen LogP contribution is 2.39. The van der Waals surface area contributed by atoms with Gasteiger partial charge in [-0.15, -0.1) is 0 Å². The van der Waals surface area contributed by atoms with Crippen molar-refractivity contribution >= 4 is 11.6 Å². The summed E-state index contributed by atoms with van der Waals surface area (Å²) >= 11 is 0. The van der Waals surface area contributed by atoms with Crippen molar-refractivity contribution in [1.29, 1.82) is 0 Å². The molecule has 2 N–H and O–H groups in total. The second-order valence-corrected chi connectivity index (χ2v) is 5.25. The average molecular weight is 253 g/mol. The van der Waals surface area contributed by atoms with Gasteiger partial charge in [0, 0.05) is 18.7 Å². The summed E-state index contributed by atoms with van der Waals surface area (Å²) in [6, 6.07) is 1.19. The van der Waals surface area contributed by atoms with Gasteiger partial charge in [-0.25, -0.2) is 13.8 Å². The van der Waals surface area contributed by atoms with Gasteiger partial charge in [0.05, 0.1) is 0 Å². The molecular formula is C13H17F2N3. The van der Waals surface area contributed by atoms with Gasteiger partial charge in [-0.2, -0.15) is 0 Å². The van der Waals surface area contributed by atoms with Crippen LogP contribution in [0.4, 0.5) is 20.4 Å². The van der Waals surface area contributed by atoms with Gasteiger partial charge < -0.3 is 10.6 Å². The predicted molar refractivity (Wildman–Crippen MR) is 66.3 cm³/mol. The first-order chi connectivity index (χ1) is 8.66. The van der Waals surface area contributed by atoms with E-state index in [1.54, 1.807) is 0 Å².